The van der Waals surface area contributed by atoms with Crippen LogP contribution in [0.2, 0.25) is 0 Å². The normalized spacial score (nSPS) is 11.8. The Balaban J connectivity index is 2.23. The minimum Gasteiger partial charge on any atom is -0.494 e. The Labute approximate surface area is 146 Å². The first-order valence-corrected chi connectivity index (χ1v) is 8.11. The monoisotopic (exact) mass is 343 g/mol. The van der Waals surface area contributed by atoms with Gasteiger partial charge in [-0.25, -0.2) is 0 Å². The molecule has 0 saturated heterocycles. The zero-order valence-corrected chi connectivity index (χ0v) is 14.3. The summed E-state index contributed by atoms with van der Waals surface area (Å²) in [5, 5.41) is 20.3. The molecule has 1 unspecified atom stereocenters. The summed E-state index contributed by atoms with van der Waals surface area (Å²) in [6.45, 7) is 4.50. The van der Waals surface area contributed by atoms with Crippen LogP contribution in [0.25, 0.3) is 0 Å². The maximum Gasteiger partial charge on any atom is 0.311 e. The molecule has 25 heavy (non-hydrogen) atoms. The number of carboxylic acid groups (broad SMARTS) is 1. The smallest absolute Gasteiger partial charge is 0.311 e. The van der Waals surface area contributed by atoms with Crippen LogP contribution in [-0.2, 0) is 11.2 Å². The molecule has 0 amide bonds. The Morgan fingerprint density at radius 1 is 1.24 bits per heavy atom. The first-order chi connectivity index (χ1) is 11.9. The number of non-ortho nitro benzene ring substituents is 1. The molecule has 132 valence electrons. The SMILES string of the molecule is CCCOc1ccc(C(Cc2ccc([N+](=O)[O-])cc2)C(=O)O)c(C)c1. The number of benzene rings is 2. The van der Waals surface area contributed by atoms with Crippen molar-refractivity contribution >= 4 is 11.7 Å². The molecule has 0 spiro atoms. The number of carboxylic acids is 1. The van der Waals surface area contributed by atoms with Crippen molar-refractivity contribution in [2.75, 3.05) is 6.61 Å². The maximum absolute atomic E-state index is 11.7. The van der Waals surface area contributed by atoms with Crippen LogP contribution < -0.4 is 4.74 Å². The molecule has 1 atom stereocenters. The van der Waals surface area contributed by atoms with E-state index in [2.05, 4.69) is 0 Å². The van der Waals surface area contributed by atoms with E-state index >= 15 is 0 Å². The molecule has 0 bridgehead atoms. The third-order valence-electron chi connectivity index (χ3n) is 3.97. The number of ether oxygens (including phenoxy) is 1. The van der Waals surface area contributed by atoms with E-state index < -0.39 is 16.8 Å². The van der Waals surface area contributed by atoms with Crippen molar-refractivity contribution in [3.63, 3.8) is 0 Å². The Kier molecular flexibility index (Phi) is 6.11. The van der Waals surface area contributed by atoms with Gasteiger partial charge in [-0.05, 0) is 48.6 Å². The third kappa shape index (κ3) is 4.79. The topological polar surface area (TPSA) is 89.7 Å². The lowest BCUT2D eigenvalue weighted by Gasteiger charge is -2.16. The predicted octanol–water partition coefficient (Wildman–Crippen LogP) is 4.10. The van der Waals surface area contributed by atoms with E-state index in [4.69, 9.17) is 4.74 Å². The van der Waals surface area contributed by atoms with Crippen LogP contribution in [0.5, 0.6) is 5.75 Å². The summed E-state index contributed by atoms with van der Waals surface area (Å²) in [5.41, 5.74) is 2.30. The van der Waals surface area contributed by atoms with Gasteiger partial charge in [0.2, 0.25) is 0 Å². The van der Waals surface area contributed by atoms with Crippen LogP contribution in [0.1, 0.15) is 36.0 Å². The Hall–Kier alpha value is -2.89. The van der Waals surface area contributed by atoms with Gasteiger partial charge in [0.25, 0.3) is 5.69 Å². The standard InChI is InChI=1S/C19H21NO5/c1-3-10-25-16-8-9-17(13(2)11-16)18(19(21)22)12-14-4-6-15(7-5-14)20(23)24/h4-9,11,18H,3,10,12H2,1-2H3,(H,21,22). The second-order valence-electron chi connectivity index (χ2n) is 5.89. The van der Waals surface area contributed by atoms with E-state index in [0.717, 1.165) is 28.9 Å². The Bertz CT molecular complexity index is 755. The van der Waals surface area contributed by atoms with Gasteiger partial charge in [0.1, 0.15) is 5.75 Å². The number of aryl methyl sites for hydroxylation is 1. The van der Waals surface area contributed by atoms with Crippen LogP contribution in [0, 0.1) is 17.0 Å². The molecule has 0 aliphatic rings. The lowest BCUT2D eigenvalue weighted by atomic mass is 9.89. The summed E-state index contributed by atoms with van der Waals surface area (Å²) in [6, 6.07) is 11.4. The van der Waals surface area contributed by atoms with Crippen LogP contribution in [-0.4, -0.2) is 22.6 Å². The summed E-state index contributed by atoms with van der Waals surface area (Å²) in [7, 11) is 0. The lowest BCUT2D eigenvalue weighted by Crippen LogP contribution is -2.15. The van der Waals surface area contributed by atoms with Gasteiger partial charge in [-0.3, -0.25) is 14.9 Å². The first-order valence-electron chi connectivity index (χ1n) is 8.11. The van der Waals surface area contributed by atoms with Crippen LogP contribution >= 0.6 is 0 Å². The van der Waals surface area contributed by atoms with Crippen molar-refractivity contribution in [1.82, 2.24) is 0 Å². The van der Waals surface area contributed by atoms with Gasteiger partial charge in [-0.15, -0.1) is 0 Å². The van der Waals surface area contributed by atoms with Gasteiger partial charge in [-0.2, -0.15) is 0 Å². The molecule has 0 aliphatic heterocycles. The highest BCUT2D eigenvalue weighted by Crippen LogP contribution is 2.28. The predicted molar refractivity (Wildman–Crippen MR) is 94.1 cm³/mol. The number of nitro benzene ring substituents is 1. The molecular weight excluding hydrogens is 322 g/mol. The first kappa shape index (κ1) is 18.4. The van der Waals surface area contributed by atoms with Gasteiger partial charge in [0, 0.05) is 12.1 Å². The molecule has 0 aromatic heterocycles. The van der Waals surface area contributed by atoms with Crippen molar-refractivity contribution in [2.45, 2.75) is 32.6 Å². The van der Waals surface area contributed by atoms with E-state index in [0.29, 0.717) is 6.61 Å². The van der Waals surface area contributed by atoms with E-state index in [9.17, 15) is 20.0 Å². The van der Waals surface area contributed by atoms with Crippen LogP contribution in [0.15, 0.2) is 42.5 Å². The fraction of sp³-hybridized carbons (Fsp3) is 0.316. The van der Waals surface area contributed by atoms with Crippen LogP contribution in [0.4, 0.5) is 5.69 Å². The fourth-order valence-electron chi connectivity index (χ4n) is 2.67. The van der Waals surface area contributed by atoms with E-state index in [-0.39, 0.29) is 12.1 Å². The number of hydrogen-bond acceptors (Lipinski definition) is 4. The second-order valence-corrected chi connectivity index (χ2v) is 5.89. The summed E-state index contributed by atoms with van der Waals surface area (Å²) in [5.74, 6) is -0.923. The van der Waals surface area contributed by atoms with Gasteiger partial charge < -0.3 is 9.84 Å². The average molecular weight is 343 g/mol. The number of nitro groups is 1. The molecule has 1 N–H and O–H groups in total. The van der Waals surface area contributed by atoms with Crippen LogP contribution in [0.3, 0.4) is 0 Å². The third-order valence-corrected chi connectivity index (χ3v) is 3.97. The zero-order chi connectivity index (χ0) is 18.4. The molecule has 2 aromatic carbocycles. The second kappa shape index (κ2) is 8.28. The van der Waals surface area contributed by atoms with Gasteiger partial charge in [0.05, 0.1) is 17.4 Å². The average Bonchev–Trinajstić information content (AvgIpc) is 2.58. The molecule has 0 heterocycles. The van der Waals surface area contributed by atoms with Crippen molar-refractivity contribution in [2.24, 2.45) is 0 Å². The molecule has 0 saturated carbocycles. The highest BCUT2D eigenvalue weighted by atomic mass is 16.6. The minimum absolute atomic E-state index is 0.00997. The van der Waals surface area contributed by atoms with E-state index in [1.54, 1.807) is 24.3 Å². The molecule has 0 fully saturated rings. The summed E-state index contributed by atoms with van der Waals surface area (Å²) >= 11 is 0. The Morgan fingerprint density at radius 3 is 2.44 bits per heavy atom. The summed E-state index contributed by atoms with van der Waals surface area (Å²) in [4.78, 5) is 22.0. The van der Waals surface area contributed by atoms with Crippen molar-refractivity contribution < 1.29 is 19.6 Å². The number of carbonyl (C=O) groups is 1. The van der Waals surface area contributed by atoms with Crippen molar-refractivity contribution in [1.29, 1.82) is 0 Å². The highest BCUT2D eigenvalue weighted by molar-refractivity contribution is 5.77. The van der Waals surface area contributed by atoms with E-state index in [1.165, 1.54) is 12.1 Å². The Morgan fingerprint density at radius 2 is 1.92 bits per heavy atom. The lowest BCUT2D eigenvalue weighted by molar-refractivity contribution is -0.384. The quantitative estimate of drug-likeness (QED) is 0.575. The number of aliphatic carboxylic acids is 1. The molecule has 0 aliphatic carbocycles. The van der Waals surface area contributed by atoms with Gasteiger partial charge in [-0.1, -0.05) is 25.1 Å². The summed E-state index contributed by atoms with van der Waals surface area (Å²) < 4.78 is 5.57. The van der Waals surface area contributed by atoms with Gasteiger partial charge >= 0.3 is 5.97 Å². The van der Waals surface area contributed by atoms with E-state index in [1.807, 2.05) is 19.9 Å². The fourth-order valence-corrected chi connectivity index (χ4v) is 2.67. The summed E-state index contributed by atoms with van der Waals surface area (Å²) in [6.07, 6.45) is 1.17. The molecule has 6 heteroatoms. The molecular formula is C19H21NO5. The van der Waals surface area contributed by atoms with Gasteiger partial charge in [0.15, 0.2) is 0 Å². The number of hydrogen-bond donors (Lipinski definition) is 1. The highest BCUT2D eigenvalue weighted by Gasteiger charge is 2.22. The molecule has 0 radical (unpaired) electrons. The molecule has 2 aromatic rings. The number of rotatable bonds is 8. The molecule has 6 nitrogen and oxygen atoms in total. The van der Waals surface area contributed by atoms with Crippen molar-refractivity contribution in [3.05, 3.63) is 69.3 Å². The maximum atomic E-state index is 11.7. The number of nitrogens with zero attached hydrogens (tertiary/aromatic N) is 1. The minimum atomic E-state index is -0.927. The van der Waals surface area contributed by atoms with Crippen molar-refractivity contribution in [3.8, 4) is 5.75 Å². The molecule has 2 rings (SSSR count). The zero-order valence-electron chi connectivity index (χ0n) is 14.3. The largest absolute Gasteiger partial charge is 0.494 e.